The Hall–Kier alpha value is -0.0194. The summed E-state index contributed by atoms with van der Waals surface area (Å²) in [4.78, 5) is 12.2. The summed E-state index contributed by atoms with van der Waals surface area (Å²) in [5.41, 5.74) is 0. The molecule has 0 N–H and O–H groups in total. The van der Waals surface area contributed by atoms with Gasteiger partial charge in [0.15, 0.2) is 22.0 Å². The van der Waals surface area contributed by atoms with E-state index in [1.54, 1.807) is 0 Å². The van der Waals surface area contributed by atoms with Gasteiger partial charge in [0.25, 0.3) is 0 Å². The molecule has 0 atom stereocenters. The third kappa shape index (κ3) is 5.91. The van der Waals surface area contributed by atoms with Crippen molar-refractivity contribution in [3.05, 3.63) is 12.7 Å². The monoisotopic (exact) mass is 290 g/mol. The summed E-state index contributed by atoms with van der Waals surface area (Å²) in [6, 6.07) is 0.659. The van der Waals surface area contributed by atoms with Gasteiger partial charge in [-0.05, 0) is 51.4 Å². The first-order valence-corrected chi connectivity index (χ1v) is 14.9. The van der Waals surface area contributed by atoms with Crippen molar-refractivity contribution in [2.24, 2.45) is 0 Å². The van der Waals surface area contributed by atoms with Gasteiger partial charge in [-0.15, -0.1) is 0 Å². The lowest BCUT2D eigenvalue weighted by Crippen LogP contribution is -2.59. The minimum Gasteiger partial charge on any atom is -0.431 e. The molecule has 0 heterocycles. The van der Waals surface area contributed by atoms with E-state index in [2.05, 4.69) is 45.9 Å². The second-order valence-corrected chi connectivity index (χ2v) is 18.9. The lowest BCUT2D eigenvalue weighted by atomic mass is 10.7. The SMILES string of the molecule is C=CC(=O)[Si](CC)(O[Si](C)(C)C)O[Si](C)(C)C. The first-order chi connectivity index (χ1) is 7.46. The molecule has 0 aliphatic rings. The van der Waals surface area contributed by atoms with Crippen molar-refractivity contribution in [3.63, 3.8) is 0 Å². The first kappa shape index (κ1) is 17.0. The molecule has 0 bridgehead atoms. The van der Waals surface area contributed by atoms with Crippen LogP contribution in [0.5, 0.6) is 0 Å². The van der Waals surface area contributed by atoms with Crippen LogP contribution in [0.2, 0.25) is 45.3 Å². The molecule has 0 saturated carbocycles. The molecule has 100 valence electrons. The second kappa shape index (κ2) is 5.75. The summed E-state index contributed by atoms with van der Waals surface area (Å²) in [5, 5.41) is -0.0233. The summed E-state index contributed by atoms with van der Waals surface area (Å²) in [5.74, 6) is 0. The van der Waals surface area contributed by atoms with Gasteiger partial charge in [-0.25, -0.2) is 0 Å². The summed E-state index contributed by atoms with van der Waals surface area (Å²) in [6.07, 6.45) is 1.37. The number of hydrogen-bond donors (Lipinski definition) is 0. The molecule has 0 aliphatic carbocycles. The highest BCUT2D eigenvalue weighted by molar-refractivity contribution is 7.06. The second-order valence-electron chi connectivity index (χ2n) is 6.10. The van der Waals surface area contributed by atoms with E-state index in [1.807, 2.05) is 6.92 Å². The van der Waals surface area contributed by atoms with Crippen molar-refractivity contribution >= 4 is 30.6 Å². The molecule has 3 nitrogen and oxygen atoms in total. The van der Waals surface area contributed by atoms with E-state index in [1.165, 1.54) is 6.08 Å². The van der Waals surface area contributed by atoms with Gasteiger partial charge >= 0.3 is 8.56 Å². The van der Waals surface area contributed by atoms with Gasteiger partial charge in [-0.2, -0.15) is 0 Å². The zero-order valence-electron chi connectivity index (χ0n) is 12.2. The van der Waals surface area contributed by atoms with E-state index < -0.39 is 25.2 Å². The third-order valence-electron chi connectivity index (χ3n) is 1.97. The van der Waals surface area contributed by atoms with Gasteiger partial charge in [-0.1, -0.05) is 13.5 Å². The molecular formula is C11H26O3Si3. The predicted molar refractivity (Wildman–Crippen MR) is 80.3 cm³/mol. The Morgan fingerprint density at radius 1 is 1.06 bits per heavy atom. The van der Waals surface area contributed by atoms with Crippen LogP contribution >= 0.6 is 0 Å². The Morgan fingerprint density at radius 2 is 1.41 bits per heavy atom. The third-order valence-corrected chi connectivity index (χ3v) is 11.4. The molecule has 0 rings (SSSR count). The molecular weight excluding hydrogens is 264 g/mol. The maximum absolute atomic E-state index is 12.2. The summed E-state index contributed by atoms with van der Waals surface area (Å²) >= 11 is 0. The summed E-state index contributed by atoms with van der Waals surface area (Å²) < 4.78 is 12.3. The molecule has 0 aliphatic heterocycles. The van der Waals surface area contributed by atoms with Gasteiger partial charge in [0.2, 0.25) is 0 Å². The highest BCUT2D eigenvalue weighted by Crippen LogP contribution is 2.25. The zero-order valence-corrected chi connectivity index (χ0v) is 15.2. The van der Waals surface area contributed by atoms with Crippen LogP contribution < -0.4 is 0 Å². The number of hydrogen-bond acceptors (Lipinski definition) is 3. The van der Waals surface area contributed by atoms with Crippen molar-refractivity contribution < 1.29 is 13.0 Å². The van der Waals surface area contributed by atoms with E-state index in [-0.39, 0.29) is 5.41 Å². The Labute approximate surface area is 109 Å². The van der Waals surface area contributed by atoms with Gasteiger partial charge in [0, 0.05) is 0 Å². The minimum absolute atomic E-state index is 0.0233. The normalized spacial score (nSPS) is 13.6. The summed E-state index contributed by atoms with van der Waals surface area (Å²) in [7, 11) is -6.38. The Morgan fingerprint density at radius 3 is 1.59 bits per heavy atom. The van der Waals surface area contributed by atoms with E-state index in [0.29, 0.717) is 6.04 Å². The molecule has 0 saturated heterocycles. The molecule has 0 aromatic heterocycles. The Kier molecular flexibility index (Phi) is 5.74. The molecule has 0 fully saturated rings. The highest BCUT2D eigenvalue weighted by atomic mass is 28.5. The smallest absolute Gasteiger partial charge is 0.394 e. The maximum atomic E-state index is 12.2. The average molecular weight is 291 g/mol. The fourth-order valence-electron chi connectivity index (χ4n) is 1.58. The molecule has 0 radical (unpaired) electrons. The van der Waals surface area contributed by atoms with E-state index in [0.717, 1.165) is 0 Å². The Bertz CT molecular complexity index is 273. The van der Waals surface area contributed by atoms with Crippen LogP contribution in [0.15, 0.2) is 12.7 Å². The van der Waals surface area contributed by atoms with E-state index in [4.69, 9.17) is 8.23 Å². The average Bonchev–Trinajstić information content (AvgIpc) is 2.10. The molecule has 6 heteroatoms. The van der Waals surface area contributed by atoms with Crippen LogP contribution in [0.3, 0.4) is 0 Å². The Balaban J connectivity index is 5.30. The number of carbonyl (C=O) groups excluding carboxylic acids is 1. The standard InChI is InChI=1S/C11H26O3Si3/c1-9-11(12)17(10-2,13-15(3,4)5)14-16(6,7)8/h9H,1,10H2,2-8H3. The van der Waals surface area contributed by atoms with Crippen molar-refractivity contribution in [2.45, 2.75) is 52.2 Å². The zero-order chi connectivity index (χ0) is 13.9. The van der Waals surface area contributed by atoms with Crippen LogP contribution in [-0.2, 0) is 13.0 Å². The van der Waals surface area contributed by atoms with Crippen molar-refractivity contribution in [1.82, 2.24) is 0 Å². The minimum atomic E-state index is -2.78. The molecule has 0 aromatic carbocycles. The lowest BCUT2D eigenvalue weighted by Gasteiger charge is -2.38. The van der Waals surface area contributed by atoms with Gasteiger partial charge < -0.3 is 8.23 Å². The van der Waals surface area contributed by atoms with Gasteiger partial charge in [0.05, 0.1) is 0 Å². The molecule has 0 amide bonds. The first-order valence-electron chi connectivity index (χ1n) is 6.03. The van der Waals surface area contributed by atoms with E-state index >= 15 is 0 Å². The van der Waals surface area contributed by atoms with Crippen molar-refractivity contribution in [2.75, 3.05) is 0 Å². The maximum Gasteiger partial charge on any atom is 0.394 e. The number of rotatable bonds is 7. The van der Waals surface area contributed by atoms with E-state index in [9.17, 15) is 4.79 Å². The highest BCUT2D eigenvalue weighted by Gasteiger charge is 2.48. The quantitative estimate of drug-likeness (QED) is 0.532. The molecule has 17 heavy (non-hydrogen) atoms. The largest absolute Gasteiger partial charge is 0.431 e. The summed E-state index contributed by atoms with van der Waals surface area (Å²) in [6.45, 7) is 18.1. The van der Waals surface area contributed by atoms with Gasteiger partial charge in [0.1, 0.15) is 0 Å². The van der Waals surface area contributed by atoms with Crippen LogP contribution in [0, 0.1) is 0 Å². The topological polar surface area (TPSA) is 35.5 Å². The fourth-order valence-corrected chi connectivity index (χ4v) is 12.7. The number of allylic oxidation sites excluding steroid dienone is 1. The van der Waals surface area contributed by atoms with Crippen LogP contribution in [-0.4, -0.2) is 30.6 Å². The van der Waals surface area contributed by atoms with Crippen LogP contribution in [0.25, 0.3) is 0 Å². The number of carbonyl (C=O) groups is 1. The van der Waals surface area contributed by atoms with Crippen LogP contribution in [0.4, 0.5) is 0 Å². The van der Waals surface area contributed by atoms with Gasteiger partial charge in [-0.3, -0.25) is 4.79 Å². The molecule has 0 unspecified atom stereocenters. The van der Waals surface area contributed by atoms with Crippen LogP contribution in [0.1, 0.15) is 6.92 Å². The molecule has 0 aromatic rings. The predicted octanol–water partition coefficient (Wildman–Crippen LogP) is 3.45. The lowest BCUT2D eigenvalue weighted by molar-refractivity contribution is -0.110. The van der Waals surface area contributed by atoms with Crippen molar-refractivity contribution in [1.29, 1.82) is 0 Å². The molecule has 0 spiro atoms. The fraction of sp³-hybridized carbons (Fsp3) is 0.727. The van der Waals surface area contributed by atoms with Crippen molar-refractivity contribution in [3.8, 4) is 0 Å².